The molecule has 1 N–H and O–H groups in total. The molecule has 1 fully saturated rings. The fourth-order valence-electron chi connectivity index (χ4n) is 2.68. The largest absolute Gasteiger partial charge is 0.401 e. The van der Waals surface area contributed by atoms with Gasteiger partial charge >= 0.3 is 6.18 Å². The van der Waals surface area contributed by atoms with Gasteiger partial charge in [0.2, 0.25) is 0 Å². The Morgan fingerprint density at radius 1 is 1.29 bits per heavy atom. The molecule has 0 heterocycles. The number of aliphatic hydroxyl groups is 1. The lowest BCUT2D eigenvalue weighted by Crippen LogP contribution is -2.43. The monoisotopic (exact) mass is 253 g/mol. The first kappa shape index (κ1) is 14.8. The van der Waals surface area contributed by atoms with Crippen LogP contribution in [0.25, 0.3) is 0 Å². The van der Waals surface area contributed by atoms with Gasteiger partial charge < -0.3 is 5.11 Å². The van der Waals surface area contributed by atoms with Crippen LogP contribution in [-0.4, -0.2) is 42.9 Å². The fraction of sp³-hybridized carbons (Fsp3) is 1.00. The first-order valence-electron chi connectivity index (χ1n) is 6.12. The molecule has 17 heavy (non-hydrogen) atoms. The molecule has 0 radical (unpaired) electrons. The van der Waals surface area contributed by atoms with E-state index in [-0.39, 0.29) is 12.0 Å². The highest BCUT2D eigenvalue weighted by Crippen LogP contribution is 2.39. The van der Waals surface area contributed by atoms with Crippen molar-refractivity contribution in [3.63, 3.8) is 0 Å². The van der Waals surface area contributed by atoms with Crippen molar-refractivity contribution in [2.45, 2.75) is 38.8 Å². The zero-order valence-corrected chi connectivity index (χ0v) is 10.6. The summed E-state index contributed by atoms with van der Waals surface area (Å²) in [6, 6.07) is 0. The molecule has 0 spiro atoms. The molecule has 1 saturated carbocycles. The second-order valence-electron chi connectivity index (χ2n) is 5.63. The number of aliphatic hydroxyl groups excluding tert-OH is 1. The van der Waals surface area contributed by atoms with Crippen LogP contribution in [0.2, 0.25) is 0 Å². The first-order chi connectivity index (χ1) is 7.76. The third-order valence-electron chi connectivity index (χ3n) is 3.72. The highest BCUT2D eigenvalue weighted by Gasteiger charge is 2.37. The number of alkyl halides is 3. The quantitative estimate of drug-likeness (QED) is 0.832. The predicted molar refractivity (Wildman–Crippen MR) is 60.7 cm³/mol. The lowest BCUT2D eigenvalue weighted by atomic mass is 9.71. The van der Waals surface area contributed by atoms with Crippen molar-refractivity contribution < 1.29 is 18.3 Å². The molecule has 1 rings (SSSR count). The number of hydrogen-bond acceptors (Lipinski definition) is 2. The van der Waals surface area contributed by atoms with Crippen molar-refractivity contribution in [3.05, 3.63) is 0 Å². The molecule has 0 unspecified atom stereocenters. The Kier molecular flexibility index (Phi) is 4.84. The summed E-state index contributed by atoms with van der Waals surface area (Å²) in [6.07, 6.45) is -0.506. The van der Waals surface area contributed by atoms with Gasteiger partial charge in [-0.05, 0) is 25.8 Å². The van der Waals surface area contributed by atoms with Crippen LogP contribution in [0, 0.1) is 11.3 Å². The second kappa shape index (κ2) is 5.57. The maximum Gasteiger partial charge on any atom is 0.401 e. The van der Waals surface area contributed by atoms with E-state index in [9.17, 15) is 18.3 Å². The van der Waals surface area contributed by atoms with Gasteiger partial charge in [0.15, 0.2) is 0 Å². The Bertz CT molecular complexity index is 234. The van der Waals surface area contributed by atoms with Crippen molar-refractivity contribution in [3.8, 4) is 0 Å². The molecule has 0 aromatic rings. The van der Waals surface area contributed by atoms with E-state index in [4.69, 9.17) is 0 Å². The topological polar surface area (TPSA) is 23.5 Å². The fourth-order valence-corrected chi connectivity index (χ4v) is 2.68. The summed E-state index contributed by atoms with van der Waals surface area (Å²) in [6.45, 7) is 1.57. The molecular formula is C12H22F3NO. The van der Waals surface area contributed by atoms with Crippen LogP contribution in [0.4, 0.5) is 13.2 Å². The summed E-state index contributed by atoms with van der Waals surface area (Å²) < 4.78 is 36.7. The van der Waals surface area contributed by atoms with Crippen LogP contribution >= 0.6 is 0 Å². The Labute approximate surface area is 101 Å². The van der Waals surface area contributed by atoms with Crippen molar-refractivity contribution in [2.75, 3.05) is 26.7 Å². The molecule has 0 aliphatic heterocycles. The minimum Gasteiger partial charge on any atom is -0.396 e. The Morgan fingerprint density at radius 2 is 1.82 bits per heavy atom. The van der Waals surface area contributed by atoms with Gasteiger partial charge in [-0.1, -0.05) is 19.8 Å². The first-order valence-corrected chi connectivity index (χ1v) is 6.12. The molecule has 1 aliphatic carbocycles. The lowest BCUT2D eigenvalue weighted by molar-refractivity contribution is -0.147. The van der Waals surface area contributed by atoms with Gasteiger partial charge in [-0.25, -0.2) is 0 Å². The van der Waals surface area contributed by atoms with E-state index < -0.39 is 12.7 Å². The van der Waals surface area contributed by atoms with Crippen LogP contribution in [0.15, 0.2) is 0 Å². The minimum atomic E-state index is -4.16. The van der Waals surface area contributed by atoms with E-state index in [1.54, 1.807) is 0 Å². The standard InChI is InChI=1S/C12H22F3NO/c1-10-3-5-11(9-17,6-4-10)7-16(2)8-12(13,14)15/h10,17H,3-9H2,1-2H3. The van der Waals surface area contributed by atoms with E-state index in [0.29, 0.717) is 12.5 Å². The van der Waals surface area contributed by atoms with Gasteiger partial charge in [-0.15, -0.1) is 0 Å². The summed E-state index contributed by atoms with van der Waals surface area (Å²) >= 11 is 0. The van der Waals surface area contributed by atoms with E-state index in [1.807, 2.05) is 0 Å². The molecule has 0 saturated heterocycles. The average molecular weight is 253 g/mol. The Balaban J connectivity index is 2.51. The van der Waals surface area contributed by atoms with Crippen LogP contribution in [0.5, 0.6) is 0 Å². The van der Waals surface area contributed by atoms with Crippen LogP contribution in [0.3, 0.4) is 0 Å². The van der Waals surface area contributed by atoms with E-state index >= 15 is 0 Å². The van der Waals surface area contributed by atoms with E-state index in [1.165, 1.54) is 11.9 Å². The normalized spacial score (nSPS) is 30.9. The summed E-state index contributed by atoms with van der Waals surface area (Å²) in [4.78, 5) is 1.28. The minimum absolute atomic E-state index is 0.0120. The van der Waals surface area contributed by atoms with Crippen LogP contribution in [0.1, 0.15) is 32.6 Å². The molecule has 2 nitrogen and oxygen atoms in total. The maximum atomic E-state index is 12.2. The van der Waals surface area contributed by atoms with E-state index in [2.05, 4.69) is 6.92 Å². The van der Waals surface area contributed by atoms with Gasteiger partial charge in [0.25, 0.3) is 0 Å². The van der Waals surface area contributed by atoms with Crippen molar-refractivity contribution in [1.29, 1.82) is 0 Å². The van der Waals surface area contributed by atoms with Gasteiger partial charge in [0.1, 0.15) is 0 Å². The Hall–Kier alpha value is -0.290. The highest BCUT2D eigenvalue weighted by atomic mass is 19.4. The lowest BCUT2D eigenvalue weighted by Gasteiger charge is -2.40. The molecule has 0 aromatic carbocycles. The molecule has 0 aromatic heterocycles. The molecule has 0 bridgehead atoms. The van der Waals surface area contributed by atoms with Crippen LogP contribution < -0.4 is 0 Å². The van der Waals surface area contributed by atoms with Crippen molar-refractivity contribution in [1.82, 2.24) is 4.90 Å². The number of halogens is 3. The number of rotatable bonds is 4. The third-order valence-corrected chi connectivity index (χ3v) is 3.72. The third kappa shape index (κ3) is 4.84. The van der Waals surface area contributed by atoms with Gasteiger partial charge in [-0.3, -0.25) is 4.90 Å². The summed E-state index contributed by atoms with van der Waals surface area (Å²) in [5, 5.41) is 9.47. The van der Waals surface area contributed by atoms with Crippen molar-refractivity contribution in [2.24, 2.45) is 11.3 Å². The second-order valence-corrected chi connectivity index (χ2v) is 5.63. The zero-order valence-electron chi connectivity index (χ0n) is 10.6. The van der Waals surface area contributed by atoms with Crippen LogP contribution in [-0.2, 0) is 0 Å². The Morgan fingerprint density at radius 3 is 2.24 bits per heavy atom. The molecule has 5 heteroatoms. The van der Waals surface area contributed by atoms with Gasteiger partial charge in [0.05, 0.1) is 6.54 Å². The molecule has 0 atom stereocenters. The SMILES string of the molecule is CC1CCC(CO)(CN(C)CC(F)(F)F)CC1. The molecule has 102 valence electrons. The molecule has 0 amide bonds. The smallest absolute Gasteiger partial charge is 0.396 e. The number of hydrogen-bond donors (Lipinski definition) is 1. The van der Waals surface area contributed by atoms with Gasteiger partial charge in [-0.2, -0.15) is 13.2 Å². The van der Waals surface area contributed by atoms with E-state index in [0.717, 1.165) is 25.7 Å². The van der Waals surface area contributed by atoms with Crippen molar-refractivity contribution >= 4 is 0 Å². The van der Waals surface area contributed by atoms with Gasteiger partial charge in [0, 0.05) is 18.6 Å². The number of nitrogens with zero attached hydrogens (tertiary/aromatic N) is 1. The predicted octanol–water partition coefficient (Wildman–Crippen LogP) is 2.67. The summed E-state index contributed by atoms with van der Waals surface area (Å²) in [5.74, 6) is 0.627. The average Bonchev–Trinajstić information content (AvgIpc) is 2.19. The maximum absolute atomic E-state index is 12.2. The highest BCUT2D eigenvalue weighted by molar-refractivity contribution is 4.86. The summed E-state index contributed by atoms with van der Waals surface area (Å²) in [5.41, 5.74) is -0.327. The molecular weight excluding hydrogens is 231 g/mol. The zero-order chi connectivity index (χ0) is 13.1. The molecule has 1 aliphatic rings. The summed E-state index contributed by atoms with van der Waals surface area (Å²) in [7, 11) is 1.48.